The van der Waals surface area contributed by atoms with Crippen molar-refractivity contribution in [1.29, 1.82) is 0 Å². The van der Waals surface area contributed by atoms with Gasteiger partial charge >= 0.3 is 0 Å². The summed E-state index contributed by atoms with van der Waals surface area (Å²) in [5.41, 5.74) is 1.14. The van der Waals surface area contributed by atoms with Gasteiger partial charge in [-0.3, -0.25) is 14.9 Å². The third-order valence-corrected chi connectivity index (χ3v) is 4.66. The van der Waals surface area contributed by atoms with Crippen LogP contribution in [-0.4, -0.2) is 28.5 Å². The molecule has 120 valence electrons. The van der Waals surface area contributed by atoms with Gasteiger partial charge in [-0.2, -0.15) is 0 Å². The van der Waals surface area contributed by atoms with Gasteiger partial charge in [0.05, 0.1) is 16.7 Å². The molecule has 6 heteroatoms. The van der Waals surface area contributed by atoms with Gasteiger partial charge in [-0.25, -0.2) is 0 Å². The number of thioether (sulfide) groups is 1. The molecule has 0 aliphatic rings. The van der Waals surface area contributed by atoms with Crippen molar-refractivity contribution in [2.45, 2.75) is 17.9 Å². The van der Waals surface area contributed by atoms with Crippen molar-refractivity contribution >= 4 is 23.4 Å². The minimum atomic E-state index is -0.436. The Morgan fingerprint density at radius 1 is 1.17 bits per heavy atom. The molecule has 1 atom stereocenters. The van der Waals surface area contributed by atoms with Gasteiger partial charge in [0.25, 0.3) is 5.69 Å². The Kier molecular flexibility index (Phi) is 5.76. The number of non-ortho nitro benzene ring substituents is 1. The molecule has 0 spiro atoms. The Morgan fingerprint density at radius 2 is 1.78 bits per heavy atom. The molecule has 0 bridgehead atoms. The third-order valence-electron chi connectivity index (χ3n) is 3.67. The molecular weight excluding hydrogens is 312 g/mol. The van der Waals surface area contributed by atoms with E-state index in [0.717, 1.165) is 10.5 Å². The summed E-state index contributed by atoms with van der Waals surface area (Å²) in [6.45, 7) is 1.99. The summed E-state index contributed by atoms with van der Waals surface area (Å²) in [4.78, 5) is 25.0. The number of carbonyl (C=O) groups is 1. The van der Waals surface area contributed by atoms with Crippen LogP contribution in [0.4, 0.5) is 5.69 Å². The van der Waals surface area contributed by atoms with Crippen molar-refractivity contribution in [3.8, 4) is 0 Å². The van der Waals surface area contributed by atoms with Gasteiger partial charge in [0.15, 0.2) is 0 Å². The van der Waals surface area contributed by atoms with E-state index < -0.39 is 4.92 Å². The summed E-state index contributed by atoms with van der Waals surface area (Å²) in [6.07, 6.45) is 0. The summed E-state index contributed by atoms with van der Waals surface area (Å²) in [5, 5.41) is 10.6. The van der Waals surface area contributed by atoms with Crippen LogP contribution in [-0.2, 0) is 4.79 Å². The summed E-state index contributed by atoms with van der Waals surface area (Å²) >= 11 is 1.38. The normalized spacial score (nSPS) is 11.7. The lowest BCUT2D eigenvalue weighted by molar-refractivity contribution is -0.384. The number of hydrogen-bond acceptors (Lipinski definition) is 4. The van der Waals surface area contributed by atoms with E-state index >= 15 is 0 Å². The second kappa shape index (κ2) is 7.78. The number of rotatable bonds is 6. The van der Waals surface area contributed by atoms with Crippen molar-refractivity contribution < 1.29 is 9.72 Å². The smallest absolute Gasteiger partial charge is 0.269 e. The highest BCUT2D eigenvalue weighted by Gasteiger charge is 2.17. The molecule has 23 heavy (non-hydrogen) atoms. The maximum absolute atomic E-state index is 12.3. The molecule has 2 rings (SSSR count). The lowest BCUT2D eigenvalue weighted by atomic mass is 10.1. The van der Waals surface area contributed by atoms with Crippen molar-refractivity contribution in [2.75, 3.05) is 12.8 Å². The molecule has 1 amide bonds. The zero-order chi connectivity index (χ0) is 16.8. The van der Waals surface area contributed by atoms with Crippen molar-refractivity contribution in [2.24, 2.45) is 0 Å². The van der Waals surface area contributed by atoms with E-state index in [4.69, 9.17) is 0 Å². The number of amides is 1. The lowest BCUT2D eigenvalue weighted by Crippen LogP contribution is -2.31. The van der Waals surface area contributed by atoms with E-state index in [0.29, 0.717) is 5.75 Å². The van der Waals surface area contributed by atoms with E-state index in [1.54, 1.807) is 24.1 Å². The van der Waals surface area contributed by atoms with Gasteiger partial charge in [-0.15, -0.1) is 11.8 Å². The van der Waals surface area contributed by atoms with E-state index in [9.17, 15) is 14.9 Å². The first kappa shape index (κ1) is 17.0. The Bertz CT molecular complexity index is 674. The molecule has 0 aromatic heterocycles. The molecule has 2 aromatic carbocycles. The minimum absolute atomic E-state index is 0.00107. The molecule has 0 unspecified atom stereocenters. The summed E-state index contributed by atoms with van der Waals surface area (Å²) in [7, 11) is 1.79. The average Bonchev–Trinajstić information content (AvgIpc) is 2.59. The number of nitro groups is 1. The predicted octanol–water partition coefficient (Wildman–Crippen LogP) is 3.91. The maximum Gasteiger partial charge on any atom is 0.269 e. The second-order valence-corrected chi connectivity index (χ2v) is 6.18. The topological polar surface area (TPSA) is 63.5 Å². The Morgan fingerprint density at radius 3 is 2.35 bits per heavy atom. The van der Waals surface area contributed by atoms with E-state index in [1.165, 1.54) is 23.9 Å². The standard InChI is InChI=1S/C17H18N2O3S/c1-13(14-6-4-3-5-7-14)18(2)17(20)12-23-16-10-8-15(9-11-16)19(21)22/h3-11,13H,12H2,1-2H3/t13-/m1/s1. The van der Waals surface area contributed by atoms with Gasteiger partial charge in [0.1, 0.15) is 0 Å². The number of nitrogens with zero attached hydrogens (tertiary/aromatic N) is 2. The highest BCUT2D eigenvalue weighted by molar-refractivity contribution is 8.00. The Balaban J connectivity index is 1.92. The van der Waals surface area contributed by atoms with Crippen molar-refractivity contribution in [3.05, 3.63) is 70.3 Å². The quantitative estimate of drug-likeness (QED) is 0.458. The molecule has 0 radical (unpaired) electrons. The van der Waals surface area contributed by atoms with Gasteiger partial charge in [0, 0.05) is 24.1 Å². The Hall–Kier alpha value is -2.34. The van der Waals surface area contributed by atoms with Crippen molar-refractivity contribution in [3.63, 3.8) is 0 Å². The highest BCUT2D eigenvalue weighted by Crippen LogP contribution is 2.24. The number of nitro benzene ring substituents is 1. The fourth-order valence-electron chi connectivity index (χ4n) is 2.08. The highest BCUT2D eigenvalue weighted by atomic mass is 32.2. The van der Waals surface area contributed by atoms with Crippen LogP contribution in [0, 0.1) is 10.1 Å². The van der Waals surface area contributed by atoms with Gasteiger partial charge in [-0.05, 0) is 24.6 Å². The van der Waals surface area contributed by atoms with Crippen LogP contribution in [0.3, 0.4) is 0 Å². The summed E-state index contributed by atoms with van der Waals surface area (Å²) in [5.74, 6) is 0.315. The average molecular weight is 330 g/mol. The van der Waals surface area contributed by atoms with Crippen LogP contribution < -0.4 is 0 Å². The summed E-state index contributed by atoms with van der Waals surface area (Å²) < 4.78 is 0. The van der Waals surface area contributed by atoms with Gasteiger partial charge in [0.2, 0.25) is 5.91 Å². The fourth-order valence-corrected chi connectivity index (χ4v) is 2.90. The first-order valence-electron chi connectivity index (χ1n) is 7.17. The zero-order valence-electron chi connectivity index (χ0n) is 13.0. The maximum atomic E-state index is 12.3. The molecule has 0 aliphatic heterocycles. The lowest BCUT2D eigenvalue weighted by Gasteiger charge is -2.25. The Labute approximate surface area is 139 Å². The van der Waals surface area contributed by atoms with Crippen LogP contribution in [0.15, 0.2) is 59.5 Å². The van der Waals surface area contributed by atoms with Gasteiger partial charge in [-0.1, -0.05) is 30.3 Å². The first-order chi connectivity index (χ1) is 11.0. The molecule has 0 N–H and O–H groups in total. The fraction of sp³-hybridized carbons (Fsp3) is 0.235. The minimum Gasteiger partial charge on any atom is -0.338 e. The number of carbonyl (C=O) groups excluding carboxylic acids is 1. The van der Waals surface area contributed by atoms with Crippen LogP contribution in [0.1, 0.15) is 18.5 Å². The molecule has 5 nitrogen and oxygen atoms in total. The van der Waals surface area contributed by atoms with Crippen LogP contribution in [0.25, 0.3) is 0 Å². The molecule has 0 saturated heterocycles. The van der Waals surface area contributed by atoms with E-state index in [1.807, 2.05) is 37.3 Å². The van der Waals surface area contributed by atoms with Gasteiger partial charge < -0.3 is 4.90 Å². The SMILES string of the molecule is C[C@H](c1ccccc1)N(C)C(=O)CSc1ccc([N+](=O)[O-])cc1. The monoisotopic (exact) mass is 330 g/mol. The molecule has 2 aromatic rings. The van der Waals surface area contributed by atoms with Crippen LogP contribution in [0.5, 0.6) is 0 Å². The molecule has 0 aliphatic carbocycles. The van der Waals surface area contributed by atoms with E-state index in [2.05, 4.69) is 0 Å². The van der Waals surface area contributed by atoms with Crippen LogP contribution >= 0.6 is 11.8 Å². The van der Waals surface area contributed by atoms with E-state index in [-0.39, 0.29) is 17.6 Å². The molecule has 0 heterocycles. The largest absolute Gasteiger partial charge is 0.338 e. The summed E-state index contributed by atoms with van der Waals surface area (Å²) in [6, 6.07) is 16.1. The molecular formula is C17H18N2O3S. The number of hydrogen-bond donors (Lipinski definition) is 0. The predicted molar refractivity (Wildman–Crippen MR) is 91.4 cm³/mol. The second-order valence-electron chi connectivity index (χ2n) is 5.13. The molecule has 0 saturated carbocycles. The number of benzene rings is 2. The first-order valence-corrected chi connectivity index (χ1v) is 8.15. The van der Waals surface area contributed by atoms with Crippen LogP contribution in [0.2, 0.25) is 0 Å². The van der Waals surface area contributed by atoms with Crippen molar-refractivity contribution in [1.82, 2.24) is 4.90 Å². The zero-order valence-corrected chi connectivity index (χ0v) is 13.8. The third kappa shape index (κ3) is 4.56. The molecule has 0 fully saturated rings.